The Labute approximate surface area is 112 Å². The van der Waals surface area contributed by atoms with E-state index in [0.29, 0.717) is 11.5 Å². The zero-order valence-corrected chi connectivity index (χ0v) is 11.0. The first-order valence-corrected chi connectivity index (χ1v) is 6.30. The fourth-order valence-electron chi connectivity index (χ4n) is 1.97. The molecule has 0 amide bonds. The third kappa shape index (κ3) is 1.94. The van der Waals surface area contributed by atoms with Crippen molar-refractivity contribution in [1.82, 2.24) is 4.98 Å². The molecule has 3 rings (SSSR count). The van der Waals surface area contributed by atoms with Crippen LogP contribution in [0.5, 0.6) is 0 Å². The Balaban J connectivity index is 2.16. The highest BCUT2D eigenvalue weighted by Gasteiger charge is 2.10. The van der Waals surface area contributed by atoms with E-state index in [9.17, 15) is 5.11 Å². The minimum Gasteiger partial charge on any atom is -0.443 e. The zero-order valence-electron chi connectivity index (χ0n) is 9.43. The van der Waals surface area contributed by atoms with Gasteiger partial charge in [-0.2, -0.15) is 0 Å². The van der Waals surface area contributed by atoms with Crippen LogP contribution in [0.3, 0.4) is 0 Å². The van der Waals surface area contributed by atoms with Gasteiger partial charge in [0.05, 0.1) is 6.61 Å². The van der Waals surface area contributed by atoms with Crippen LogP contribution in [0, 0.1) is 0 Å². The Morgan fingerprint density at radius 1 is 1.11 bits per heavy atom. The molecule has 18 heavy (non-hydrogen) atoms. The lowest BCUT2D eigenvalue weighted by molar-refractivity contribution is 0.277. The summed E-state index contributed by atoms with van der Waals surface area (Å²) in [4.78, 5) is 3.98. The van der Waals surface area contributed by atoms with Gasteiger partial charge in [0.1, 0.15) is 5.69 Å². The average molecular weight is 304 g/mol. The molecule has 0 bridgehead atoms. The second-order valence-corrected chi connectivity index (χ2v) is 4.91. The van der Waals surface area contributed by atoms with Crippen molar-refractivity contribution < 1.29 is 9.52 Å². The first-order chi connectivity index (χ1) is 8.78. The fourth-order valence-corrected chi connectivity index (χ4v) is 2.35. The third-order valence-electron chi connectivity index (χ3n) is 2.86. The van der Waals surface area contributed by atoms with Gasteiger partial charge in [-0.3, -0.25) is 0 Å². The van der Waals surface area contributed by atoms with Crippen LogP contribution in [0.2, 0.25) is 0 Å². The highest BCUT2D eigenvalue weighted by molar-refractivity contribution is 9.10. The van der Waals surface area contributed by atoms with Gasteiger partial charge in [0.25, 0.3) is 0 Å². The van der Waals surface area contributed by atoms with E-state index in [-0.39, 0.29) is 6.61 Å². The summed E-state index contributed by atoms with van der Waals surface area (Å²) in [6, 6.07) is 12.1. The monoisotopic (exact) mass is 303 g/mol. The molecule has 1 N–H and O–H groups in total. The van der Waals surface area contributed by atoms with Gasteiger partial charge in [-0.15, -0.1) is 0 Å². The van der Waals surface area contributed by atoms with Crippen molar-refractivity contribution in [1.29, 1.82) is 0 Å². The van der Waals surface area contributed by atoms with Crippen LogP contribution in [0.15, 0.2) is 51.7 Å². The lowest BCUT2D eigenvalue weighted by atomic mass is 10.0. The van der Waals surface area contributed by atoms with Gasteiger partial charge in [0.2, 0.25) is 0 Å². The summed E-state index contributed by atoms with van der Waals surface area (Å²) in [5.41, 5.74) is 1.48. The molecule has 0 saturated carbocycles. The van der Waals surface area contributed by atoms with Gasteiger partial charge >= 0.3 is 0 Å². The summed E-state index contributed by atoms with van der Waals surface area (Å²) >= 11 is 3.45. The quantitative estimate of drug-likeness (QED) is 0.784. The molecule has 0 unspecified atom stereocenters. The van der Waals surface area contributed by atoms with E-state index < -0.39 is 0 Å². The number of rotatable bonds is 2. The molecule has 0 fully saturated rings. The van der Waals surface area contributed by atoms with Crippen LogP contribution in [0.25, 0.3) is 22.1 Å². The smallest absolute Gasteiger partial charge is 0.181 e. The lowest BCUT2D eigenvalue weighted by Crippen LogP contribution is -1.86. The number of aromatic nitrogens is 1. The van der Waals surface area contributed by atoms with Crippen LogP contribution >= 0.6 is 15.9 Å². The minimum absolute atomic E-state index is 0.121. The SMILES string of the molecule is OCc1ncoc1-c1ccc2cc(Br)ccc2c1. The summed E-state index contributed by atoms with van der Waals surface area (Å²) in [6.07, 6.45) is 1.35. The number of hydrogen-bond acceptors (Lipinski definition) is 3. The number of halogens is 1. The summed E-state index contributed by atoms with van der Waals surface area (Å²) in [5.74, 6) is 0.627. The Hall–Kier alpha value is -1.65. The van der Waals surface area contributed by atoms with Crippen molar-refractivity contribution >= 4 is 26.7 Å². The van der Waals surface area contributed by atoms with E-state index in [1.54, 1.807) is 0 Å². The van der Waals surface area contributed by atoms with Crippen molar-refractivity contribution in [2.75, 3.05) is 0 Å². The van der Waals surface area contributed by atoms with Crippen molar-refractivity contribution in [3.05, 3.63) is 53.0 Å². The van der Waals surface area contributed by atoms with Crippen molar-refractivity contribution in [2.24, 2.45) is 0 Å². The van der Waals surface area contributed by atoms with Gasteiger partial charge < -0.3 is 9.52 Å². The van der Waals surface area contributed by atoms with Gasteiger partial charge in [0.15, 0.2) is 12.2 Å². The molecular weight excluding hydrogens is 294 g/mol. The molecule has 0 spiro atoms. The molecule has 2 aromatic carbocycles. The number of fused-ring (bicyclic) bond motifs is 1. The normalized spacial score (nSPS) is 11.0. The largest absolute Gasteiger partial charge is 0.443 e. The van der Waals surface area contributed by atoms with E-state index in [0.717, 1.165) is 20.8 Å². The predicted octanol–water partition coefficient (Wildman–Crippen LogP) is 3.75. The Morgan fingerprint density at radius 3 is 2.72 bits per heavy atom. The highest BCUT2D eigenvalue weighted by atomic mass is 79.9. The molecule has 1 aromatic heterocycles. The Kier molecular flexibility index (Phi) is 2.89. The van der Waals surface area contributed by atoms with Crippen molar-refractivity contribution in [3.63, 3.8) is 0 Å². The van der Waals surface area contributed by atoms with E-state index in [2.05, 4.69) is 27.0 Å². The van der Waals surface area contributed by atoms with E-state index in [1.165, 1.54) is 6.39 Å². The van der Waals surface area contributed by atoms with Gasteiger partial charge in [-0.25, -0.2) is 4.98 Å². The molecule has 1 heterocycles. The molecule has 0 atom stereocenters. The minimum atomic E-state index is -0.121. The summed E-state index contributed by atoms with van der Waals surface area (Å²) in [7, 11) is 0. The molecular formula is C14H10BrNO2. The summed E-state index contributed by atoms with van der Waals surface area (Å²) in [5, 5.41) is 11.5. The second-order valence-electron chi connectivity index (χ2n) is 3.99. The maximum Gasteiger partial charge on any atom is 0.181 e. The first kappa shape index (κ1) is 11.4. The second kappa shape index (κ2) is 4.55. The standard InChI is InChI=1S/C14H10BrNO2/c15-12-4-3-9-5-11(2-1-10(9)6-12)14-13(7-17)16-8-18-14/h1-6,8,17H,7H2. The molecule has 0 aliphatic heterocycles. The topological polar surface area (TPSA) is 46.3 Å². The van der Waals surface area contributed by atoms with E-state index in [1.807, 2.05) is 30.3 Å². The molecule has 90 valence electrons. The summed E-state index contributed by atoms with van der Waals surface area (Å²) < 4.78 is 6.39. The maximum absolute atomic E-state index is 9.19. The lowest BCUT2D eigenvalue weighted by Gasteiger charge is -2.03. The predicted molar refractivity (Wildman–Crippen MR) is 73.1 cm³/mol. The summed E-state index contributed by atoms with van der Waals surface area (Å²) in [6.45, 7) is -0.121. The molecule has 0 aliphatic carbocycles. The molecule has 0 aliphatic rings. The molecule has 3 nitrogen and oxygen atoms in total. The molecule has 4 heteroatoms. The van der Waals surface area contributed by atoms with Gasteiger partial charge in [0, 0.05) is 10.0 Å². The van der Waals surface area contributed by atoms with Crippen LogP contribution in [-0.2, 0) is 6.61 Å². The average Bonchev–Trinajstić information content (AvgIpc) is 2.86. The van der Waals surface area contributed by atoms with Crippen LogP contribution in [0.4, 0.5) is 0 Å². The van der Waals surface area contributed by atoms with Gasteiger partial charge in [-0.05, 0) is 29.0 Å². The van der Waals surface area contributed by atoms with Crippen LogP contribution < -0.4 is 0 Å². The molecule has 0 radical (unpaired) electrons. The number of aliphatic hydroxyl groups excluding tert-OH is 1. The molecule has 3 aromatic rings. The van der Waals surface area contributed by atoms with Crippen molar-refractivity contribution in [3.8, 4) is 11.3 Å². The van der Waals surface area contributed by atoms with E-state index in [4.69, 9.17) is 4.42 Å². The van der Waals surface area contributed by atoms with Crippen molar-refractivity contribution in [2.45, 2.75) is 6.61 Å². The van der Waals surface area contributed by atoms with Crippen LogP contribution in [0.1, 0.15) is 5.69 Å². The number of hydrogen-bond donors (Lipinski definition) is 1. The number of nitrogens with zero attached hydrogens (tertiary/aromatic N) is 1. The number of benzene rings is 2. The zero-order chi connectivity index (χ0) is 12.5. The Morgan fingerprint density at radius 2 is 1.89 bits per heavy atom. The molecule has 0 saturated heterocycles. The highest BCUT2D eigenvalue weighted by Crippen LogP contribution is 2.28. The number of oxazole rings is 1. The Bertz CT molecular complexity index is 706. The fraction of sp³-hybridized carbons (Fsp3) is 0.0714. The van der Waals surface area contributed by atoms with Crippen LogP contribution in [-0.4, -0.2) is 10.1 Å². The first-order valence-electron chi connectivity index (χ1n) is 5.51. The van der Waals surface area contributed by atoms with E-state index >= 15 is 0 Å². The number of aliphatic hydroxyl groups is 1. The van der Waals surface area contributed by atoms with Gasteiger partial charge in [-0.1, -0.05) is 34.1 Å². The maximum atomic E-state index is 9.19. The third-order valence-corrected chi connectivity index (χ3v) is 3.35.